The first kappa shape index (κ1) is 14.8. The van der Waals surface area contributed by atoms with Gasteiger partial charge in [-0.3, -0.25) is 0 Å². The highest BCUT2D eigenvalue weighted by Gasteiger charge is 2.09. The van der Waals surface area contributed by atoms with Crippen molar-refractivity contribution in [3.05, 3.63) is 61.5 Å². The molecular weight excluding hydrogens is 324 g/mol. The van der Waals surface area contributed by atoms with Crippen LogP contribution in [0, 0.1) is 6.92 Å². The van der Waals surface area contributed by atoms with Crippen molar-refractivity contribution in [2.24, 2.45) is 0 Å². The van der Waals surface area contributed by atoms with E-state index in [2.05, 4.69) is 5.32 Å². The molecule has 1 nitrogen and oxygen atoms in total. The number of aryl methyl sites for hydroxylation is 1. The SMILES string of the molecule is Cc1cc(Cl)ccc1NCc1c(Cl)ccc(Cl)c1Cl. The Morgan fingerprint density at radius 2 is 1.63 bits per heavy atom. The number of hydrogen-bond acceptors (Lipinski definition) is 1. The molecule has 2 aromatic carbocycles. The van der Waals surface area contributed by atoms with Crippen molar-refractivity contribution in [3.8, 4) is 0 Å². The molecule has 0 saturated carbocycles. The standard InChI is InChI=1S/C14H11Cl4N/c1-8-6-9(15)2-5-13(8)19-7-10-11(16)3-4-12(17)14(10)18/h2-6,19H,7H2,1H3. The van der Waals surface area contributed by atoms with Crippen LogP contribution in [0.3, 0.4) is 0 Å². The van der Waals surface area contributed by atoms with Crippen molar-refractivity contribution in [3.63, 3.8) is 0 Å². The van der Waals surface area contributed by atoms with E-state index >= 15 is 0 Å². The van der Waals surface area contributed by atoms with Crippen LogP contribution in [0.2, 0.25) is 20.1 Å². The van der Waals surface area contributed by atoms with Crippen molar-refractivity contribution in [2.45, 2.75) is 13.5 Å². The number of nitrogens with one attached hydrogen (secondary N) is 1. The first-order valence-electron chi connectivity index (χ1n) is 5.61. The van der Waals surface area contributed by atoms with E-state index in [1.165, 1.54) is 0 Å². The van der Waals surface area contributed by atoms with Gasteiger partial charge in [0.25, 0.3) is 0 Å². The molecule has 0 fully saturated rings. The number of anilines is 1. The van der Waals surface area contributed by atoms with Gasteiger partial charge in [-0.15, -0.1) is 0 Å². The summed E-state index contributed by atoms with van der Waals surface area (Å²) in [6.07, 6.45) is 0. The van der Waals surface area contributed by atoms with E-state index in [1.807, 2.05) is 25.1 Å². The maximum Gasteiger partial charge on any atom is 0.0657 e. The summed E-state index contributed by atoms with van der Waals surface area (Å²) in [4.78, 5) is 0. The van der Waals surface area contributed by atoms with Crippen LogP contribution in [0.1, 0.15) is 11.1 Å². The molecule has 5 heteroatoms. The molecule has 100 valence electrons. The highest BCUT2D eigenvalue weighted by atomic mass is 35.5. The summed E-state index contributed by atoms with van der Waals surface area (Å²) in [6, 6.07) is 9.07. The third-order valence-corrected chi connectivity index (χ3v) is 4.22. The summed E-state index contributed by atoms with van der Waals surface area (Å²) >= 11 is 24.2. The second-order valence-electron chi connectivity index (χ2n) is 4.13. The van der Waals surface area contributed by atoms with Crippen LogP contribution in [0.25, 0.3) is 0 Å². The van der Waals surface area contributed by atoms with E-state index in [9.17, 15) is 0 Å². The van der Waals surface area contributed by atoms with Gasteiger partial charge < -0.3 is 5.32 Å². The zero-order chi connectivity index (χ0) is 14.0. The topological polar surface area (TPSA) is 12.0 Å². The molecule has 0 aliphatic heterocycles. The minimum Gasteiger partial charge on any atom is -0.381 e. The normalized spacial score (nSPS) is 10.6. The van der Waals surface area contributed by atoms with Crippen LogP contribution >= 0.6 is 46.4 Å². The van der Waals surface area contributed by atoms with Crippen LogP contribution in [0.15, 0.2) is 30.3 Å². The van der Waals surface area contributed by atoms with Gasteiger partial charge in [0, 0.05) is 27.8 Å². The van der Waals surface area contributed by atoms with E-state index in [0.717, 1.165) is 16.8 Å². The summed E-state index contributed by atoms with van der Waals surface area (Å²) in [5.74, 6) is 0. The molecule has 2 rings (SSSR count). The lowest BCUT2D eigenvalue weighted by atomic mass is 10.1. The number of rotatable bonds is 3. The first-order valence-corrected chi connectivity index (χ1v) is 7.12. The average Bonchev–Trinajstić information content (AvgIpc) is 2.36. The number of hydrogen-bond donors (Lipinski definition) is 1. The highest BCUT2D eigenvalue weighted by Crippen LogP contribution is 2.32. The van der Waals surface area contributed by atoms with Crippen LogP contribution in [-0.2, 0) is 6.54 Å². The molecule has 0 aromatic heterocycles. The molecule has 19 heavy (non-hydrogen) atoms. The van der Waals surface area contributed by atoms with E-state index in [4.69, 9.17) is 46.4 Å². The minimum absolute atomic E-state index is 0.480. The molecule has 0 unspecified atom stereocenters. The molecule has 0 aliphatic rings. The number of benzene rings is 2. The fourth-order valence-corrected chi connectivity index (χ4v) is 2.65. The smallest absolute Gasteiger partial charge is 0.0657 e. The molecule has 0 bridgehead atoms. The van der Waals surface area contributed by atoms with Crippen LogP contribution < -0.4 is 5.32 Å². The van der Waals surface area contributed by atoms with Gasteiger partial charge in [0.2, 0.25) is 0 Å². The van der Waals surface area contributed by atoms with Crippen molar-refractivity contribution in [1.29, 1.82) is 0 Å². The van der Waals surface area contributed by atoms with Crippen molar-refractivity contribution < 1.29 is 0 Å². The van der Waals surface area contributed by atoms with Gasteiger partial charge in [-0.25, -0.2) is 0 Å². The van der Waals surface area contributed by atoms with Crippen LogP contribution in [-0.4, -0.2) is 0 Å². The Labute approximate surface area is 132 Å². The molecule has 0 aliphatic carbocycles. The number of halogens is 4. The van der Waals surface area contributed by atoms with Gasteiger partial charge >= 0.3 is 0 Å². The largest absolute Gasteiger partial charge is 0.381 e. The third kappa shape index (κ3) is 3.49. The molecule has 0 radical (unpaired) electrons. The lowest BCUT2D eigenvalue weighted by Gasteiger charge is -2.13. The summed E-state index contributed by atoms with van der Waals surface area (Å²) < 4.78 is 0. The quantitative estimate of drug-likeness (QED) is 0.657. The molecule has 0 spiro atoms. The molecule has 0 amide bonds. The Kier molecular flexibility index (Phi) is 4.86. The predicted octanol–water partition coefficient (Wildman–Crippen LogP) is 6.22. The van der Waals surface area contributed by atoms with Crippen LogP contribution in [0.5, 0.6) is 0 Å². The van der Waals surface area contributed by atoms with Crippen molar-refractivity contribution in [2.75, 3.05) is 5.32 Å². The monoisotopic (exact) mass is 333 g/mol. The van der Waals surface area contributed by atoms with Gasteiger partial charge in [0.05, 0.1) is 10.0 Å². The molecule has 2 aromatic rings. The van der Waals surface area contributed by atoms with Gasteiger partial charge in [-0.1, -0.05) is 46.4 Å². The summed E-state index contributed by atoms with van der Waals surface area (Å²) in [6.45, 7) is 2.48. The fraction of sp³-hybridized carbons (Fsp3) is 0.143. The second kappa shape index (κ2) is 6.23. The van der Waals surface area contributed by atoms with Gasteiger partial charge in [-0.05, 0) is 42.8 Å². The minimum atomic E-state index is 0.480. The van der Waals surface area contributed by atoms with E-state index in [0.29, 0.717) is 26.6 Å². The lowest BCUT2D eigenvalue weighted by Crippen LogP contribution is -2.02. The summed E-state index contributed by atoms with van der Waals surface area (Å²) in [5.41, 5.74) is 2.82. The van der Waals surface area contributed by atoms with Crippen molar-refractivity contribution >= 4 is 52.1 Å². The Morgan fingerprint density at radius 1 is 0.947 bits per heavy atom. The lowest BCUT2D eigenvalue weighted by molar-refractivity contribution is 1.14. The van der Waals surface area contributed by atoms with Gasteiger partial charge in [0.15, 0.2) is 0 Å². The Morgan fingerprint density at radius 3 is 2.32 bits per heavy atom. The second-order valence-corrected chi connectivity index (χ2v) is 5.76. The Hall–Kier alpha value is -0.600. The van der Waals surface area contributed by atoms with E-state index in [1.54, 1.807) is 12.1 Å². The maximum absolute atomic E-state index is 6.15. The molecule has 0 atom stereocenters. The zero-order valence-corrected chi connectivity index (χ0v) is 13.1. The maximum atomic E-state index is 6.15. The van der Waals surface area contributed by atoms with Gasteiger partial charge in [0.1, 0.15) is 0 Å². The zero-order valence-electron chi connectivity index (χ0n) is 10.1. The van der Waals surface area contributed by atoms with Gasteiger partial charge in [-0.2, -0.15) is 0 Å². The molecule has 0 saturated heterocycles. The van der Waals surface area contributed by atoms with E-state index in [-0.39, 0.29) is 0 Å². The molecule has 1 N–H and O–H groups in total. The molecular formula is C14H11Cl4N. The van der Waals surface area contributed by atoms with Crippen LogP contribution in [0.4, 0.5) is 5.69 Å². The highest BCUT2D eigenvalue weighted by molar-refractivity contribution is 6.44. The first-order chi connectivity index (χ1) is 8.99. The summed E-state index contributed by atoms with van der Waals surface area (Å²) in [5, 5.41) is 5.56. The predicted molar refractivity (Wildman–Crippen MR) is 85.0 cm³/mol. The summed E-state index contributed by atoms with van der Waals surface area (Å²) in [7, 11) is 0. The third-order valence-electron chi connectivity index (χ3n) is 2.78. The fourth-order valence-electron chi connectivity index (χ4n) is 1.74. The van der Waals surface area contributed by atoms with E-state index < -0.39 is 0 Å². The van der Waals surface area contributed by atoms with Crippen molar-refractivity contribution in [1.82, 2.24) is 0 Å². The molecule has 0 heterocycles. The Balaban J connectivity index is 2.21. The Bertz CT molecular complexity index is 611. The average molecular weight is 335 g/mol.